The zero-order chi connectivity index (χ0) is 14.1. The van der Waals surface area contributed by atoms with Gasteiger partial charge < -0.3 is 0 Å². The lowest BCUT2D eigenvalue weighted by molar-refractivity contribution is 0.628. The van der Waals surface area contributed by atoms with E-state index in [9.17, 15) is 4.39 Å². The fourth-order valence-corrected chi connectivity index (χ4v) is 2.18. The van der Waals surface area contributed by atoms with Gasteiger partial charge in [0, 0.05) is 11.8 Å². The minimum absolute atomic E-state index is 0.232. The van der Waals surface area contributed by atoms with Crippen LogP contribution in [0.2, 0.25) is 0 Å². The van der Waals surface area contributed by atoms with Crippen molar-refractivity contribution in [2.75, 3.05) is 0 Å². The second-order valence-corrected chi connectivity index (χ2v) is 4.95. The van der Waals surface area contributed by atoms with E-state index in [1.165, 1.54) is 17.7 Å². The number of aryl methyl sites for hydroxylation is 2. The average Bonchev–Trinajstić information content (AvgIpc) is 2.82. The van der Waals surface area contributed by atoms with E-state index in [2.05, 4.69) is 24.2 Å². The molecule has 2 nitrogen and oxygen atoms in total. The first-order chi connectivity index (χ1) is 9.63. The van der Waals surface area contributed by atoms with Gasteiger partial charge in [-0.2, -0.15) is 5.10 Å². The lowest BCUT2D eigenvalue weighted by Gasteiger charge is -2.01. The monoisotopic (exact) mass is 266 g/mol. The molecule has 0 N–H and O–H groups in total. The normalized spacial score (nSPS) is 10.8. The van der Waals surface area contributed by atoms with Gasteiger partial charge >= 0.3 is 0 Å². The van der Waals surface area contributed by atoms with Gasteiger partial charge in [-0.05, 0) is 55.8 Å². The Morgan fingerprint density at radius 1 is 0.900 bits per heavy atom. The highest BCUT2D eigenvalue weighted by Gasteiger charge is 2.08. The van der Waals surface area contributed by atoms with E-state index in [4.69, 9.17) is 0 Å². The van der Waals surface area contributed by atoms with Crippen LogP contribution < -0.4 is 0 Å². The van der Waals surface area contributed by atoms with Crippen molar-refractivity contribution in [1.29, 1.82) is 0 Å². The van der Waals surface area contributed by atoms with Crippen molar-refractivity contribution in [2.45, 2.75) is 13.8 Å². The van der Waals surface area contributed by atoms with Gasteiger partial charge in [0.25, 0.3) is 0 Å². The third kappa shape index (κ3) is 2.35. The Morgan fingerprint density at radius 2 is 1.55 bits per heavy atom. The molecule has 100 valence electrons. The SMILES string of the molecule is Cc1ccc(-n2cc(C)c(-c3ccc(F)cc3)n2)cc1. The van der Waals surface area contributed by atoms with Crippen LogP contribution in [0, 0.1) is 19.7 Å². The molecule has 0 amide bonds. The molecule has 1 aromatic heterocycles. The third-order valence-electron chi connectivity index (χ3n) is 3.31. The standard InChI is InChI=1S/C17H15FN2/c1-12-3-9-16(10-4-12)20-11-13(2)17(19-20)14-5-7-15(18)8-6-14/h3-11H,1-2H3. The summed E-state index contributed by atoms with van der Waals surface area (Å²) in [5.74, 6) is -0.232. The van der Waals surface area contributed by atoms with E-state index in [1.54, 1.807) is 12.1 Å². The van der Waals surface area contributed by atoms with E-state index in [0.717, 1.165) is 22.5 Å². The fraction of sp³-hybridized carbons (Fsp3) is 0.118. The quantitative estimate of drug-likeness (QED) is 0.676. The number of hydrogen-bond donors (Lipinski definition) is 0. The van der Waals surface area contributed by atoms with E-state index < -0.39 is 0 Å². The van der Waals surface area contributed by atoms with Crippen LogP contribution in [-0.4, -0.2) is 9.78 Å². The molecular formula is C17H15FN2. The summed E-state index contributed by atoms with van der Waals surface area (Å²) in [5.41, 5.74) is 5.11. The molecule has 2 aromatic carbocycles. The molecule has 0 unspecified atom stereocenters. The highest BCUT2D eigenvalue weighted by atomic mass is 19.1. The highest BCUT2D eigenvalue weighted by Crippen LogP contribution is 2.23. The molecule has 0 aliphatic carbocycles. The zero-order valence-electron chi connectivity index (χ0n) is 11.5. The Kier molecular flexibility index (Phi) is 3.11. The highest BCUT2D eigenvalue weighted by molar-refractivity contribution is 5.62. The smallest absolute Gasteiger partial charge is 0.123 e. The van der Waals surface area contributed by atoms with Gasteiger partial charge in [-0.25, -0.2) is 9.07 Å². The van der Waals surface area contributed by atoms with Crippen LogP contribution in [0.25, 0.3) is 16.9 Å². The predicted molar refractivity (Wildman–Crippen MR) is 78.4 cm³/mol. The van der Waals surface area contributed by atoms with Crippen LogP contribution in [0.5, 0.6) is 0 Å². The minimum atomic E-state index is -0.232. The first kappa shape index (κ1) is 12.6. The summed E-state index contributed by atoms with van der Waals surface area (Å²) in [6.07, 6.45) is 1.99. The van der Waals surface area contributed by atoms with Gasteiger partial charge in [0.05, 0.1) is 11.4 Å². The van der Waals surface area contributed by atoms with Gasteiger partial charge in [-0.15, -0.1) is 0 Å². The Morgan fingerprint density at radius 3 is 2.20 bits per heavy atom. The van der Waals surface area contributed by atoms with Crippen molar-refractivity contribution in [3.8, 4) is 16.9 Å². The minimum Gasteiger partial charge on any atom is -0.240 e. The summed E-state index contributed by atoms with van der Waals surface area (Å²) in [7, 11) is 0. The van der Waals surface area contributed by atoms with E-state index in [-0.39, 0.29) is 5.82 Å². The number of benzene rings is 2. The first-order valence-corrected chi connectivity index (χ1v) is 6.53. The number of aromatic nitrogens is 2. The lowest BCUT2D eigenvalue weighted by atomic mass is 10.1. The van der Waals surface area contributed by atoms with Crippen LogP contribution in [-0.2, 0) is 0 Å². The Bertz CT molecular complexity index is 725. The topological polar surface area (TPSA) is 17.8 Å². The van der Waals surface area contributed by atoms with Gasteiger partial charge in [0.15, 0.2) is 0 Å². The zero-order valence-corrected chi connectivity index (χ0v) is 11.5. The molecule has 0 atom stereocenters. The molecule has 0 aliphatic heterocycles. The number of nitrogens with zero attached hydrogens (tertiary/aromatic N) is 2. The maximum Gasteiger partial charge on any atom is 0.123 e. The summed E-state index contributed by atoms with van der Waals surface area (Å²) >= 11 is 0. The number of hydrogen-bond acceptors (Lipinski definition) is 1. The summed E-state index contributed by atoms with van der Waals surface area (Å²) in [4.78, 5) is 0. The lowest BCUT2D eigenvalue weighted by Crippen LogP contribution is -1.94. The second-order valence-electron chi connectivity index (χ2n) is 4.95. The largest absolute Gasteiger partial charge is 0.240 e. The van der Waals surface area contributed by atoms with E-state index in [1.807, 2.05) is 29.9 Å². The van der Waals surface area contributed by atoms with Crippen molar-refractivity contribution in [3.63, 3.8) is 0 Å². The molecule has 0 spiro atoms. The average molecular weight is 266 g/mol. The molecule has 0 fully saturated rings. The van der Waals surface area contributed by atoms with Crippen molar-refractivity contribution in [3.05, 3.63) is 71.7 Å². The van der Waals surface area contributed by atoms with Crippen LogP contribution in [0.1, 0.15) is 11.1 Å². The third-order valence-corrected chi connectivity index (χ3v) is 3.31. The molecule has 3 rings (SSSR count). The second kappa shape index (κ2) is 4.93. The molecular weight excluding hydrogens is 251 g/mol. The summed E-state index contributed by atoms with van der Waals surface area (Å²) < 4.78 is 14.8. The van der Waals surface area contributed by atoms with Crippen molar-refractivity contribution in [1.82, 2.24) is 9.78 Å². The molecule has 3 heteroatoms. The summed E-state index contributed by atoms with van der Waals surface area (Å²) in [6, 6.07) is 14.6. The van der Waals surface area contributed by atoms with Gasteiger partial charge in [0.2, 0.25) is 0 Å². The van der Waals surface area contributed by atoms with Crippen LogP contribution >= 0.6 is 0 Å². The first-order valence-electron chi connectivity index (χ1n) is 6.53. The van der Waals surface area contributed by atoms with Crippen molar-refractivity contribution < 1.29 is 4.39 Å². The maximum atomic E-state index is 13.0. The van der Waals surface area contributed by atoms with Gasteiger partial charge in [0.1, 0.15) is 5.82 Å². The molecule has 1 heterocycles. The number of halogens is 1. The van der Waals surface area contributed by atoms with E-state index >= 15 is 0 Å². The Hall–Kier alpha value is -2.42. The molecule has 0 saturated heterocycles. The number of rotatable bonds is 2. The summed E-state index contributed by atoms with van der Waals surface area (Å²) in [6.45, 7) is 4.07. The van der Waals surface area contributed by atoms with Crippen molar-refractivity contribution >= 4 is 0 Å². The maximum absolute atomic E-state index is 13.0. The molecule has 0 aliphatic rings. The molecule has 3 aromatic rings. The Balaban J connectivity index is 2.02. The van der Waals surface area contributed by atoms with Crippen LogP contribution in [0.3, 0.4) is 0 Å². The fourth-order valence-electron chi connectivity index (χ4n) is 2.18. The molecule has 20 heavy (non-hydrogen) atoms. The van der Waals surface area contributed by atoms with Crippen LogP contribution in [0.15, 0.2) is 54.7 Å². The van der Waals surface area contributed by atoms with Crippen molar-refractivity contribution in [2.24, 2.45) is 0 Å². The van der Waals surface area contributed by atoms with Crippen LogP contribution in [0.4, 0.5) is 4.39 Å². The molecule has 0 saturated carbocycles. The summed E-state index contributed by atoms with van der Waals surface area (Å²) in [5, 5.41) is 4.60. The predicted octanol–water partition coefficient (Wildman–Crippen LogP) is 4.30. The Labute approximate surface area is 117 Å². The van der Waals surface area contributed by atoms with Gasteiger partial charge in [-0.3, -0.25) is 0 Å². The van der Waals surface area contributed by atoms with E-state index in [0.29, 0.717) is 0 Å². The van der Waals surface area contributed by atoms with Gasteiger partial charge in [-0.1, -0.05) is 17.7 Å². The molecule has 0 radical (unpaired) electrons. The molecule has 0 bridgehead atoms.